The number of esters is 1. The van der Waals surface area contributed by atoms with E-state index in [2.05, 4.69) is 5.32 Å². The summed E-state index contributed by atoms with van der Waals surface area (Å²) >= 11 is 0. The summed E-state index contributed by atoms with van der Waals surface area (Å²) in [6, 6.07) is 5.78. The molecule has 0 aromatic heterocycles. The molecule has 1 amide bonds. The second-order valence-corrected chi connectivity index (χ2v) is 7.43. The number of anilines is 1. The number of amides is 1. The lowest BCUT2D eigenvalue weighted by atomic mass is 9.67. The molecule has 2 aliphatic carbocycles. The van der Waals surface area contributed by atoms with Crippen molar-refractivity contribution in [3.8, 4) is 0 Å². The van der Waals surface area contributed by atoms with Crippen LogP contribution in [0.1, 0.15) is 43.2 Å². The number of carbonyl (C=O) groups excluding carboxylic acids is 3. The van der Waals surface area contributed by atoms with Crippen LogP contribution in [0.25, 0.3) is 0 Å². The molecule has 5 heteroatoms. The third-order valence-electron chi connectivity index (χ3n) is 5.23. The maximum absolute atomic E-state index is 12.3. The van der Waals surface area contributed by atoms with Gasteiger partial charge in [-0.05, 0) is 62.8 Å². The smallest absolute Gasteiger partial charge is 0.309 e. The first kappa shape index (κ1) is 17.6. The number of ketones is 1. The summed E-state index contributed by atoms with van der Waals surface area (Å²) in [7, 11) is 0. The van der Waals surface area contributed by atoms with E-state index < -0.39 is 0 Å². The number of rotatable bonds is 4. The van der Waals surface area contributed by atoms with Crippen molar-refractivity contribution in [3.05, 3.63) is 29.3 Å². The van der Waals surface area contributed by atoms with Gasteiger partial charge in [-0.1, -0.05) is 12.5 Å². The molecule has 0 radical (unpaired) electrons. The number of aryl methyl sites for hydroxylation is 2. The van der Waals surface area contributed by atoms with Gasteiger partial charge in [0, 0.05) is 17.5 Å². The summed E-state index contributed by atoms with van der Waals surface area (Å²) in [6.07, 6.45) is 3.99. The quantitative estimate of drug-likeness (QED) is 0.852. The molecule has 2 fully saturated rings. The van der Waals surface area contributed by atoms with E-state index in [0.717, 1.165) is 30.4 Å². The Morgan fingerprint density at radius 3 is 2.28 bits per heavy atom. The van der Waals surface area contributed by atoms with Crippen LogP contribution in [0.2, 0.25) is 0 Å². The van der Waals surface area contributed by atoms with Gasteiger partial charge in [0.1, 0.15) is 5.78 Å². The summed E-state index contributed by atoms with van der Waals surface area (Å²) in [5.41, 5.74) is 2.83. The first-order chi connectivity index (χ1) is 11.9. The zero-order valence-corrected chi connectivity index (χ0v) is 14.8. The van der Waals surface area contributed by atoms with E-state index in [9.17, 15) is 14.4 Å². The molecule has 3 rings (SSSR count). The molecule has 2 aliphatic rings. The van der Waals surface area contributed by atoms with Crippen molar-refractivity contribution in [1.29, 1.82) is 0 Å². The van der Waals surface area contributed by atoms with E-state index in [0.29, 0.717) is 24.3 Å². The largest absolute Gasteiger partial charge is 0.455 e. The average Bonchev–Trinajstić information content (AvgIpc) is 2.51. The number of hydrogen-bond donors (Lipinski definition) is 1. The topological polar surface area (TPSA) is 72.5 Å². The molecule has 0 aliphatic heterocycles. The van der Waals surface area contributed by atoms with E-state index >= 15 is 0 Å². The molecule has 1 aromatic carbocycles. The van der Waals surface area contributed by atoms with E-state index in [4.69, 9.17) is 4.74 Å². The molecular weight excluding hydrogens is 318 g/mol. The predicted molar refractivity (Wildman–Crippen MR) is 94.1 cm³/mol. The maximum atomic E-state index is 12.3. The number of Topliss-reactive ketones (excluding diaryl/α,β-unsaturated/α-hetero) is 1. The highest BCUT2D eigenvalue weighted by Gasteiger charge is 2.41. The molecule has 25 heavy (non-hydrogen) atoms. The van der Waals surface area contributed by atoms with Gasteiger partial charge >= 0.3 is 5.97 Å². The van der Waals surface area contributed by atoms with Gasteiger partial charge in [0.15, 0.2) is 6.61 Å². The lowest BCUT2D eigenvalue weighted by molar-refractivity contribution is -0.155. The average molecular weight is 343 g/mol. The number of fused-ring (bicyclic) bond motifs is 2. The molecule has 5 nitrogen and oxygen atoms in total. The standard InChI is InChI=1S/C20H25NO4/c1-12-6-13(2)8-17(7-12)21-18(22)11-25-20(24)16-9-14-4-3-5-15(10-16)19(14)23/h6-8,14-16H,3-5,9-11H2,1-2H3,(H,21,22)/t14-,15+,16?. The zero-order chi connectivity index (χ0) is 18.0. The molecule has 1 unspecified atom stereocenters. The van der Waals surface area contributed by atoms with Crippen molar-refractivity contribution in [2.75, 3.05) is 11.9 Å². The Morgan fingerprint density at radius 2 is 1.68 bits per heavy atom. The van der Waals surface area contributed by atoms with Gasteiger partial charge in [-0.15, -0.1) is 0 Å². The van der Waals surface area contributed by atoms with Crippen LogP contribution in [0.3, 0.4) is 0 Å². The normalized spacial score (nSPS) is 25.4. The van der Waals surface area contributed by atoms with Crippen LogP contribution in [0.4, 0.5) is 5.69 Å². The van der Waals surface area contributed by atoms with E-state index in [1.807, 2.05) is 32.0 Å². The summed E-state index contributed by atoms with van der Waals surface area (Å²) < 4.78 is 5.21. The minimum atomic E-state index is -0.347. The van der Waals surface area contributed by atoms with Gasteiger partial charge in [0.2, 0.25) is 0 Å². The summed E-state index contributed by atoms with van der Waals surface area (Å²) in [4.78, 5) is 36.4. The lowest BCUT2D eigenvalue weighted by Crippen LogP contribution is -2.40. The Kier molecular flexibility index (Phi) is 5.21. The SMILES string of the molecule is Cc1cc(C)cc(NC(=O)COC(=O)C2C[C@H]3CCC[C@@H](C2)C3=O)c1. The van der Waals surface area contributed by atoms with Crippen molar-refractivity contribution in [2.24, 2.45) is 17.8 Å². The second kappa shape index (κ2) is 7.38. The molecule has 0 spiro atoms. The molecular formula is C20H25NO4. The van der Waals surface area contributed by atoms with Crippen molar-refractivity contribution >= 4 is 23.3 Å². The molecule has 2 bridgehead atoms. The monoisotopic (exact) mass is 343 g/mol. The van der Waals surface area contributed by atoms with Gasteiger partial charge in [0.05, 0.1) is 5.92 Å². The third kappa shape index (κ3) is 4.27. The minimum absolute atomic E-state index is 0.00847. The van der Waals surface area contributed by atoms with Crippen LogP contribution in [0.15, 0.2) is 18.2 Å². The van der Waals surface area contributed by atoms with Gasteiger partial charge < -0.3 is 10.1 Å². The van der Waals surface area contributed by atoms with Gasteiger partial charge in [-0.25, -0.2) is 0 Å². The van der Waals surface area contributed by atoms with Crippen LogP contribution >= 0.6 is 0 Å². The molecule has 0 heterocycles. The fraction of sp³-hybridized carbons (Fsp3) is 0.550. The van der Waals surface area contributed by atoms with Crippen molar-refractivity contribution in [1.82, 2.24) is 0 Å². The van der Waals surface area contributed by atoms with E-state index in [1.54, 1.807) is 0 Å². The van der Waals surface area contributed by atoms with Crippen LogP contribution in [0, 0.1) is 31.6 Å². The highest BCUT2D eigenvalue weighted by Crippen LogP contribution is 2.40. The number of ether oxygens (including phenoxy) is 1. The molecule has 3 atom stereocenters. The van der Waals surface area contributed by atoms with Gasteiger partial charge in [-0.2, -0.15) is 0 Å². The zero-order valence-electron chi connectivity index (χ0n) is 14.8. The fourth-order valence-corrected chi connectivity index (χ4v) is 4.17. The Hall–Kier alpha value is -2.17. The Balaban J connectivity index is 1.50. The molecule has 2 saturated carbocycles. The Labute approximate surface area is 148 Å². The van der Waals surface area contributed by atoms with Crippen LogP contribution in [-0.4, -0.2) is 24.3 Å². The van der Waals surface area contributed by atoms with Crippen molar-refractivity contribution in [3.63, 3.8) is 0 Å². The number of hydrogen-bond acceptors (Lipinski definition) is 4. The number of benzene rings is 1. The first-order valence-electron chi connectivity index (χ1n) is 9.01. The van der Waals surface area contributed by atoms with E-state index in [-0.39, 0.29) is 36.2 Å². The second-order valence-electron chi connectivity index (χ2n) is 7.43. The van der Waals surface area contributed by atoms with Crippen LogP contribution < -0.4 is 5.32 Å². The highest BCUT2D eigenvalue weighted by atomic mass is 16.5. The van der Waals surface area contributed by atoms with Crippen LogP contribution in [0.5, 0.6) is 0 Å². The summed E-state index contributed by atoms with van der Waals surface area (Å²) in [6.45, 7) is 3.64. The lowest BCUT2D eigenvalue weighted by Gasteiger charge is -2.36. The van der Waals surface area contributed by atoms with Crippen molar-refractivity contribution in [2.45, 2.75) is 46.0 Å². The summed E-state index contributed by atoms with van der Waals surface area (Å²) in [5.74, 6) is -0.599. The van der Waals surface area contributed by atoms with Gasteiger partial charge in [0.25, 0.3) is 5.91 Å². The maximum Gasteiger partial charge on any atom is 0.309 e. The summed E-state index contributed by atoms with van der Waals surface area (Å²) in [5, 5.41) is 2.76. The highest BCUT2D eigenvalue weighted by molar-refractivity contribution is 5.93. The first-order valence-corrected chi connectivity index (χ1v) is 9.01. The van der Waals surface area contributed by atoms with Crippen LogP contribution in [-0.2, 0) is 19.1 Å². The molecule has 1 aromatic rings. The number of carbonyl (C=O) groups is 3. The fourth-order valence-electron chi connectivity index (χ4n) is 4.17. The van der Waals surface area contributed by atoms with Gasteiger partial charge in [-0.3, -0.25) is 14.4 Å². The molecule has 1 N–H and O–H groups in total. The Morgan fingerprint density at radius 1 is 1.08 bits per heavy atom. The predicted octanol–water partition coefficient (Wildman–Crippen LogP) is 3.18. The Bertz CT molecular complexity index is 661. The van der Waals surface area contributed by atoms with E-state index in [1.165, 1.54) is 0 Å². The minimum Gasteiger partial charge on any atom is -0.455 e. The third-order valence-corrected chi connectivity index (χ3v) is 5.23. The molecule has 134 valence electrons. The molecule has 0 saturated heterocycles. The number of nitrogens with one attached hydrogen (secondary N) is 1. The van der Waals surface area contributed by atoms with Crippen molar-refractivity contribution < 1.29 is 19.1 Å².